The van der Waals surface area contributed by atoms with Gasteiger partial charge in [0.2, 0.25) is 5.91 Å². The van der Waals surface area contributed by atoms with Crippen LogP contribution in [0.25, 0.3) is 0 Å². The second-order valence-electron chi connectivity index (χ2n) is 5.72. The van der Waals surface area contributed by atoms with E-state index in [0.717, 1.165) is 22.4 Å². The molecule has 0 unspecified atom stereocenters. The van der Waals surface area contributed by atoms with Crippen LogP contribution in [0.4, 0.5) is 0 Å². The third-order valence-electron chi connectivity index (χ3n) is 4.24. The van der Waals surface area contributed by atoms with Crippen molar-refractivity contribution in [1.82, 2.24) is 9.88 Å². The Labute approximate surface area is 139 Å². The number of carboxylic acid groups (broad SMARTS) is 1. The lowest BCUT2D eigenvalue weighted by molar-refractivity contribution is -0.131. The predicted octanol–water partition coefficient (Wildman–Crippen LogP) is 1.92. The molecular weight excluding hydrogens is 308 g/mol. The number of rotatable bonds is 4. The zero-order valence-corrected chi connectivity index (χ0v) is 13.4. The molecule has 0 radical (unpaired) electrons. The van der Waals surface area contributed by atoms with E-state index in [0.29, 0.717) is 25.9 Å². The fourth-order valence-corrected chi connectivity index (χ4v) is 2.92. The number of aromatic carboxylic acids is 1. The predicted molar refractivity (Wildman–Crippen MR) is 87.0 cm³/mol. The van der Waals surface area contributed by atoms with Gasteiger partial charge in [-0.05, 0) is 35.2 Å². The quantitative estimate of drug-likeness (QED) is 0.928. The molecule has 0 saturated heterocycles. The second-order valence-corrected chi connectivity index (χ2v) is 5.72. The summed E-state index contributed by atoms with van der Waals surface area (Å²) in [5.41, 5.74) is 2.74. The summed E-state index contributed by atoms with van der Waals surface area (Å²) in [6.45, 7) is 0.921. The molecule has 6 heteroatoms. The highest BCUT2D eigenvalue weighted by molar-refractivity contribution is 5.89. The van der Waals surface area contributed by atoms with Gasteiger partial charge in [-0.1, -0.05) is 12.1 Å². The first-order valence-electron chi connectivity index (χ1n) is 7.68. The van der Waals surface area contributed by atoms with Crippen LogP contribution in [0.3, 0.4) is 0 Å². The minimum Gasteiger partial charge on any atom is -0.497 e. The Balaban J connectivity index is 1.71. The van der Waals surface area contributed by atoms with E-state index in [1.54, 1.807) is 18.2 Å². The maximum Gasteiger partial charge on any atom is 0.337 e. The molecule has 1 aliphatic rings. The SMILES string of the molecule is COc1ccc(CC(=O)N2CCc3c(cncc3C(=O)O)C2)cc1. The van der Waals surface area contributed by atoms with Crippen LogP contribution in [0.2, 0.25) is 0 Å². The zero-order valence-electron chi connectivity index (χ0n) is 13.4. The van der Waals surface area contributed by atoms with E-state index in [9.17, 15) is 14.7 Å². The van der Waals surface area contributed by atoms with Crippen molar-refractivity contribution in [1.29, 1.82) is 0 Å². The number of hydrogen-bond acceptors (Lipinski definition) is 4. The van der Waals surface area contributed by atoms with Crippen molar-refractivity contribution in [2.24, 2.45) is 0 Å². The highest BCUT2D eigenvalue weighted by Gasteiger charge is 2.24. The molecule has 0 aliphatic carbocycles. The van der Waals surface area contributed by atoms with Crippen molar-refractivity contribution >= 4 is 11.9 Å². The Morgan fingerprint density at radius 3 is 2.67 bits per heavy atom. The number of ether oxygens (including phenoxy) is 1. The minimum atomic E-state index is -0.975. The topological polar surface area (TPSA) is 79.7 Å². The summed E-state index contributed by atoms with van der Waals surface area (Å²) in [4.78, 5) is 29.5. The van der Waals surface area contributed by atoms with Gasteiger partial charge in [-0.3, -0.25) is 9.78 Å². The monoisotopic (exact) mass is 326 g/mol. The van der Waals surface area contributed by atoms with Crippen LogP contribution in [-0.2, 0) is 24.2 Å². The average Bonchev–Trinajstić information content (AvgIpc) is 2.61. The largest absolute Gasteiger partial charge is 0.497 e. The van der Waals surface area contributed by atoms with E-state index in [1.165, 1.54) is 6.20 Å². The van der Waals surface area contributed by atoms with E-state index >= 15 is 0 Å². The number of methoxy groups -OCH3 is 1. The molecule has 1 amide bonds. The maximum absolute atomic E-state index is 12.5. The van der Waals surface area contributed by atoms with Gasteiger partial charge < -0.3 is 14.7 Å². The Kier molecular flexibility index (Phi) is 4.46. The van der Waals surface area contributed by atoms with Gasteiger partial charge in [0.15, 0.2) is 0 Å². The Morgan fingerprint density at radius 2 is 2.00 bits per heavy atom. The molecule has 1 N–H and O–H groups in total. The van der Waals surface area contributed by atoms with Gasteiger partial charge in [-0.2, -0.15) is 0 Å². The molecule has 124 valence electrons. The maximum atomic E-state index is 12.5. The van der Waals surface area contributed by atoms with Crippen LogP contribution in [-0.4, -0.2) is 40.5 Å². The lowest BCUT2D eigenvalue weighted by Gasteiger charge is -2.29. The smallest absolute Gasteiger partial charge is 0.337 e. The first-order valence-corrected chi connectivity index (χ1v) is 7.68. The van der Waals surface area contributed by atoms with E-state index in [2.05, 4.69) is 4.98 Å². The zero-order chi connectivity index (χ0) is 17.1. The van der Waals surface area contributed by atoms with E-state index in [4.69, 9.17) is 4.74 Å². The Morgan fingerprint density at radius 1 is 1.25 bits per heavy atom. The van der Waals surface area contributed by atoms with Gasteiger partial charge in [0.1, 0.15) is 5.75 Å². The molecule has 6 nitrogen and oxygen atoms in total. The summed E-state index contributed by atoms with van der Waals surface area (Å²) in [5.74, 6) is -0.200. The molecule has 0 spiro atoms. The molecule has 0 saturated carbocycles. The summed E-state index contributed by atoms with van der Waals surface area (Å²) >= 11 is 0. The molecule has 0 fully saturated rings. The molecule has 3 rings (SSSR count). The van der Waals surface area contributed by atoms with Crippen LogP contribution in [0.5, 0.6) is 5.75 Å². The van der Waals surface area contributed by atoms with Crippen LogP contribution < -0.4 is 4.74 Å². The van der Waals surface area contributed by atoms with Gasteiger partial charge in [-0.15, -0.1) is 0 Å². The van der Waals surface area contributed by atoms with Crippen molar-refractivity contribution in [2.75, 3.05) is 13.7 Å². The third kappa shape index (κ3) is 3.22. The first-order chi connectivity index (χ1) is 11.6. The molecule has 2 aromatic rings. The highest BCUT2D eigenvalue weighted by Crippen LogP contribution is 2.22. The normalized spacial score (nSPS) is 13.3. The van der Waals surface area contributed by atoms with Crippen molar-refractivity contribution in [2.45, 2.75) is 19.4 Å². The summed E-state index contributed by atoms with van der Waals surface area (Å²) < 4.78 is 5.11. The van der Waals surface area contributed by atoms with Gasteiger partial charge in [0.25, 0.3) is 0 Å². The fraction of sp³-hybridized carbons (Fsp3) is 0.278. The van der Waals surface area contributed by atoms with Gasteiger partial charge in [-0.25, -0.2) is 4.79 Å². The number of benzene rings is 1. The fourth-order valence-electron chi connectivity index (χ4n) is 2.92. The third-order valence-corrected chi connectivity index (χ3v) is 4.24. The molecule has 0 bridgehead atoms. The van der Waals surface area contributed by atoms with Gasteiger partial charge in [0.05, 0.1) is 19.1 Å². The number of aromatic nitrogens is 1. The van der Waals surface area contributed by atoms with Gasteiger partial charge in [0, 0.05) is 25.5 Å². The molecule has 0 atom stereocenters. The molecule has 24 heavy (non-hydrogen) atoms. The lowest BCUT2D eigenvalue weighted by Crippen LogP contribution is -2.37. The van der Waals surface area contributed by atoms with Crippen LogP contribution in [0, 0.1) is 0 Å². The molecule has 1 aromatic carbocycles. The number of fused-ring (bicyclic) bond motifs is 1. The lowest BCUT2D eigenvalue weighted by atomic mass is 9.96. The van der Waals surface area contributed by atoms with E-state index in [1.807, 2.05) is 24.3 Å². The Bertz CT molecular complexity index is 771. The van der Waals surface area contributed by atoms with Crippen molar-refractivity contribution in [3.05, 3.63) is 58.9 Å². The number of pyridine rings is 1. The standard InChI is InChI=1S/C18H18N2O4/c1-24-14-4-2-12(3-5-14)8-17(21)20-7-6-15-13(11-20)9-19-10-16(15)18(22)23/h2-5,9-10H,6-8,11H2,1H3,(H,22,23). The van der Waals surface area contributed by atoms with Crippen molar-refractivity contribution < 1.29 is 19.4 Å². The average molecular weight is 326 g/mol. The van der Waals surface area contributed by atoms with Gasteiger partial charge >= 0.3 is 5.97 Å². The molecule has 2 heterocycles. The summed E-state index contributed by atoms with van der Waals surface area (Å²) in [7, 11) is 1.60. The second kappa shape index (κ2) is 6.70. The van der Waals surface area contributed by atoms with Crippen molar-refractivity contribution in [3.63, 3.8) is 0 Å². The highest BCUT2D eigenvalue weighted by atomic mass is 16.5. The number of carbonyl (C=O) groups excluding carboxylic acids is 1. The van der Waals surface area contributed by atoms with Crippen LogP contribution >= 0.6 is 0 Å². The first kappa shape index (κ1) is 16.0. The van der Waals surface area contributed by atoms with E-state index < -0.39 is 5.97 Å². The number of hydrogen-bond donors (Lipinski definition) is 1. The van der Waals surface area contributed by atoms with Crippen LogP contribution in [0.1, 0.15) is 27.0 Å². The number of amides is 1. The molecule has 1 aliphatic heterocycles. The number of carbonyl (C=O) groups is 2. The summed E-state index contributed by atoms with van der Waals surface area (Å²) in [6, 6.07) is 7.41. The molecule has 1 aromatic heterocycles. The van der Waals surface area contributed by atoms with Crippen LogP contribution in [0.15, 0.2) is 36.7 Å². The van der Waals surface area contributed by atoms with E-state index in [-0.39, 0.29) is 11.5 Å². The number of nitrogens with zero attached hydrogens (tertiary/aromatic N) is 2. The van der Waals surface area contributed by atoms with Crippen molar-refractivity contribution in [3.8, 4) is 5.75 Å². The number of carboxylic acids is 1. The minimum absolute atomic E-state index is 0.0199. The Hall–Kier alpha value is -2.89. The summed E-state index contributed by atoms with van der Waals surface area (Å²) in [6.07, 6.45) is 3.86. The molecular formula is C18H18N2O4. The summed E-state index contributed by atoms with van der Waals surface area (Å²) in [5, 5.41) is 9.22.